The predicted molar refractivity (Wildman–Crippen MR) is 73.8 cm³/mol. The maximum Gasteiger partial charge on any atom is 0.161 e. The lowest BCUT2D eigenvalue weighted by Crippen LogP contribution is -2.18. The first-order valence-electron chi connectivity index (χ1n) is 6.15. The molecule has 1 aliphatic rings. The van der Waals surface area contributed by atoms with Gasteiger partial charge in [-0.3, -0.25) is 4.79 Å². The Morgan fingerprint density at radius 1 is 1.28 bits per heavy atom. The predicted octanol–water partition coefficient (Wildman–Crippen LogP) is 4.21. The van der Waals surface area contributed by atoms with Crippen molar-refractivity contribution in [1.82, 2.24) is 0 Å². The molecule has 1 aliphatic carbocycles. The van der Waals surface area contributed by atoms with Crippen molar-refractivity contribution >= 4 is 17.4 Å². The maximum atomic E-state index is 11.6. The second-order valence-corrected chi connectivity index (χ2v) is 6.89. The van der Waals surface area contributed by atoms with Crippen LogP contribution in [-0.4, -0.2) is 10.9 Å². The lowest BCUT2D eigenvalue weighted by atomic mass is 9.82. The number of phenolic OH excluding ortho intramolecular Hbond substituents is 1. The van der Waals surface area contributed by atoms with Gasteiger partial charge < -0.3 is 5.11 Å². The van der Waals surface area contributed by atoms with Crippen molar-refractivity contribution in [2.24, 2.45) is 0 Å². The third-order valence-corrected chi connectivity index (χ3v) is 4.29. The molecule has 0 saturated carbocycles. The van der Waals surface area contributed by atoms with Crippen molar-refractivity contribution in [2.45, 2.75) is 51.9 Å². The lowest BCUT2D eigenvalue weighted by molar-refractivity contribution is 0.101. The number of halogens is 1. The molecule has 0 heterocycles. The zero-order valence-corrected chi connectivity index (χ0v) is 12.3. The van der Waals surface area contributed by atoms with E-state index in [-0.39, 0.29) is 27.4 Å². The molecule has 98 valence electrons. The number of benzene rings is 1. The monoisotopic (exact) mass is 266 g/mol. The van der Waals surface area contributed by atoms with Gasteiger partial charge in [-0.05, 0) is 35.8 Å². The van der Waals surface area contributed by atoms with Gasteiger partial charge in [-0.25, -0.2) is 0 Å². The third kappa shape index (κ3) is 1.74. The van der Waals surface area contributed by atoms with Crippen LogP contribution in [0, 0.1) is 0 Å². The molecule has 1 N–H and O–H groups in total. The van der Waals surface area contributed by atoms with E-state index in [2.05, 4.69) is 27.7 Å². The molecule has 0 unspecified atom stereocenters. The van der Waals surface area contributed by atoms with Gasteiger partial charge in [0.15, 0.2) is 5.78 Å². The molecule has 0 aromatic heterocycles. The van der Waals surface area contributed by atoms with Gasteiger partial charge in [-0.1, -0.05) is 39.3 Å². The average Bonchev–Trinajstić information content (AvgIpc) is 2.36. The summed E-state index contributed by atoms with van der Waals surface area (Å²) in [5, 5.41) is 10.5. The van der Waals surface area contributed by atoms with Crippen molar-refractivity contribution < 1.29 is 9.90 Å². The van der Waals surface area contributed by atoms with E-state index < -0.39 is 0 Å². The van der Waals surface area contributed by atoms with Gasteiger partial charge in [-0.2, -0.15) is 0 Å². The van der Waals surface area contributed by atoms with Crippen LogP contribution in [-0.2, 0) is 10.8 Å². The van der Waals surface area contributed by atoms with E-state index in [1.54, 1.807) is 0 Å². The topological polar surface area (TPSA) is 37.3 Å². The first-order chi connectivity index (χ1) is 8.08. The Morgan fingerprint density at radius 3 is 2.33 bits per heavy atom. The number of aromatic hydroxyl groups is 1. The molecule has 0 fully saturated rings. The Morgan fingerprint density at radius 2 is 1.83 bits per heavy atom. The van der Waals surface area contributed by atoms with Gasteiger partial charge in [0.1, 0.15) is 5.75 Å². The van der Waals surface area contributed by atoms with Crippen LogP contribution in [0.25, 0.3) is 0 Å². The molecule has 0 bridgehead atoms. The number of fused-ring (bicyclic) bond motifs is 1. The molecule has 3 heteroatoms. The zero-order chi connectivity index (χ0) is 13.9. The normalized spacial score (nSPS) is 19.7. The number of Topliss-reactive ketones (excluding diaryl/α,β-unsaturated/α-hetero) is 1. The number of carbonyl (C=O) groups is 1. The van der Waals surface area contributed by atoms with Gasteiger partial charge in [0.2, 0.25) is 0 Å². The molecule has 0 amide bonds. The van der Waals surface area contributed by atoms with E-state index in [0.717, 1.165) is 17.5 Å². The Bertz CT molecular complexity index is 542. The first kappa shape index (κ1) is 13.4. The SMILES string of the molecule is CC(=O)c1cc2c(c(O)c1Cl)C(C)(C)CC2(C)C. The van der Waals surface area contributed by atoms with Crippen molar-refractivity contribution in [1.29, 1.82) is 0 Å². The van der Waals surface area contributed by atoms with Crippen molar-refractivity contribution in [3.8, 4) is 5.75 Å². The average molecular weight is 267 g/mol. The summed E-state index contributed by atoms with van der Waals surface area (Å²) in [4.78, 5) is 11.6. The highest BCUT2D eigenvalue weighted by molar-refractivity contribution is 6.35. The summed E-state index contributed by atoms with van der Waals surface area (Å²) in [6.07, 6.45) is 0.931. The van der Waals surface area contributed by atoms with E-state index in [1.807, 2.05) is 6.07 Å². The van der Waals surface area contributed by atoms with Crippen LogP contribution in [0.5, 0.6) is 5.75 Å². The van der Waals surface area contributed by atoms with E-state index in [0.29, 0.717) is 5.56 Å². The van der Waals surface area contributed by atoms with Crippen LogP contribution in [0.3, 0.4) is 0 Å². The van der Waals surface area contributed by atoms with Gasteiger partial charge in [0, 0.05) is 11.1 Å². The van der Waals surface area contributed by atoms with Gasteiger partial charge in [0.05, 0.1) is 5.02 Å². The fourth-order valence-corrected chi connectivity index (χ4v) is 3.69. The molecule has 1 aromatic rings. The second-order valence-electron chi connectivity index (χ2n) is 6.51. The van der Waals surface area contributed by atoms with E-state index in [4.69, 9.17) is 11.6 Å². The summed E-state index contributed by atoms with van der Waals surface area (Å²) in [6.45, 7) is 9.95. The van der Waals surface area contributed by atoms with Gasteiger partial charge >= 0.3 is 0 Å². The van der Waals surface area contributed by atoms with Gasteiger partial charge in [-0.15, -0.1) is 0 Å². The number of rotatable bonds is 1. The molecule has 0 radical (unpaired) electrons. The highest BCUT2D eigenvalue weighted by Crippen LogP contribution is 2.54. The maximum absolute atomic E-state index is 11.6. The van der Waals surface area contributed by atoms with Crippen LogP contribution in [0.1, 0.15) is 62.5 Å². The first-order valence-corrected chi connectivity index (χ1v) is 6.53. The number of phenols is 1. The molecule has 0 aliphatic heterocycles. The summed E-state index contributed by atoms with van der Waals surface area (Å²) in [7, 11) is 0. The second kappa shape index (κ2) is 3.74. The standard InChI is InChI=1S/C15H19ClO2/c1-8(17)9-6-10-11(13(18)12(9)16)15(4,5)7-14(10,2)3/h6,18H,7H2,1-5H3. The fourth-order valence-electron chi connectivity index (χ4n) is 3.41. The van der Waals surface area contributed by atoms with E-state index in [1.165, 1.54) is 6.92 Å². The minimum absolute atomic E-state index is 0.0505. The summed E-state index contributed by atoms with van der Waals surface area (Å²) < 4.78 is 0. The number of carbonyl (C=O) groups excluding carboxylic acids is 1. The van der Waals surface area contributed by atoms with E-state index in [9.17, 15) is 9.90 Å². The fraction of sp³-hybridized carbons (Fsp3) is 0.533. The molecular weight excluding hydrogens is 248 g/mol. The highest BCUT2D eigenvalue weighted by Gasteiger charge is 2.45. The van der Waals surface area contributed by atoms with Crippen LogP contribution in [0.15, 0.2) is 6.07 Å². The van der Waals surface area contributed by atoms with Crippen LogP contribution in [0.4, 0.5) is 0 Å². The van der Waals surface area contributed by atoms with Crippen molar-refractivity contribution in [3.63, 3.8) is 0 Å². The summed E-state index contributed by atoms with van der Waals surface area (Å²) in [5.74, 6) is -0.0338. The molecule has 2 rings (SSSR count). The molecule has 0 atom stereocenters. The van der Waals surface area contributed by atoms with Crippen LogP contribution in [0.2, 0.25) is 5.02 Å². The van der Waals surface area contributed by atoms with Crippen LogP contribution >= 0.6 is 11.6 Å². The Hall–Kier alpha value is -1.02. The molecule has 0 spiro atoms. The molecule has 18 heavy (non-hydrogen) atoms. The summed E-state index contributed by atoms with van der Waals surface area (Å²) in [6, 6.07) is 1.86. The van der Waals surface area contributed by atoms with Crippen LogP contribution < -0.4 is 0 Å². The molecular formula is C15H19ClO2. The molecule has 1 aromatic carbocycles. The smallest absolute Gasteiger partial charge is 0.161 e. The summed E-state index contributed by atoms with van der Waals surface area (Å²) >= 11 is 6.12. The number of hydrogen-bond donors (Lipinski definition) is 1. The quantitative estimate of drug-likeness (QED) is 0.773. The van der Waals surface area contributed by atoms with E-state index >= 15 is 0 Å². The highest BCUT2D eigenvalue weighted by atomic mass is 35.5. The Kier molecular flexibility index (Phi) is 2.78. The number of ketones is 1. The molecule has 0 saturated heterocycles. The molecule has 2 nitrogen and oxygen atoms in total. The third-order valence-electron chi connectivity index (χ3n) is 3.91. The van der Waals surface area contributed by atoms with Crippen molar-refractivity contribution in [2.75, 3.05) is 0 Å². The minimum Gasteiger partial charge on any atom is -0.506 e. The largest absolute Gasteiger partial charge is 0.506 e. The summed E-state index contributed by atoms with van der Waals surface area (Å²) in [5.41, 5.74) is 2.17. The Balaban J connectivity index is 2.84. The lowest BCUT2D eigenvalue weighted by Gasteiger charge is -2.22. The Labute approximate surface area is 113 Å². The number of hydrogen-bond acceptors (Lipinski definition) is 2. The van der Waals surface area contributed by atoms with Gasteiger partial charge in [0.25, 0.3) is 0 Å². The minimum atomic E-state index is -0.123. The van der Waals surface area contributed by atoms with Crippen molar-refractivity contribution in [3.05, 3.63) is 27.8 Å². The zero-order valence-electron chi connectivity index (χ0n) is 11.5.